The Morgan fingerprint density at radius 3 is 2.50 bits per heavy atom. The Morgan fingerprint density at radius 2 is 1.92 bits per heavy atom. The molecule has 1 aliphatic heterocycles. The summed E-state index contributed by atoms with van der Waals surface area (Å²) < 4.78 is 24.2. The Balaban J connectivity index is 1.94. The van der Waals surface area contributed by atoms with Gasteiger partial charge in [-0.15, -0.1) is 0 Å². The number of likely N-dealkylation sites (tertiary alicyclic amines) is 1. The van der Waals surface area contributed by atoms with E-state index in [9.17, 15) is 13.2 Å². The summed E-state index contributed by atoms with van der Waals surface area (Å²) in [6.45, 7) is 5.91. The van der Waals surface area contributed by atoms with E-state index in [0.29, 0.717) is 42.4 Å². The quantitative estimate of drug-likeness (QED) is 0.785. The van der Waals surface area contributed by atoms with Gasteiger partial charge in [-0.1, -0.05) is 29.3 Å². The molecule has 1 aromatic rings. The normalized spacial score (nSPS) is 18.9. The highest BCUT2D eigenvalue weighted by Gasteiger charge is 2.41. The molecule has 0 saturated carbocycles. The van der Waals surface area contributed by atoms with E-state index in [0.717, 1.165) is 5.56 Å². The van der Waals surface area contributed by atoms with Gasteiger partial charge in [-0.2, -0.15) is 0 Å². The van der Waals surface area contributed by atoms with E-state index < -0.39 is 19.8 Å². The van der Waals surface area contributed by atoms with Crippen molar-refractivity contribution in [2.75, 3.05) is 13.1 Å². The van der Waals surface area contributed by atoms with E-state index in [1.54, 1.807) is 37.8 Å². The third-order valence-corrected chi connectivity index (χ3v) is 8.11. The first kappa shape index (κ1) is 19.5. The van der Waals surface area contributed by atoms with Crippen molar-refractivity contribution in [3.05, 3.63) is 33.8 Å². The summed E-state index contributed by atoms with van der Waals surface area (Å²) in [6.07, 6.45) is 1.40. The molecule has 0 bridgehead atoms. The maximum atomic E-state index is 12.5. The van der Waals surface area contributed by atoms with Crippen LogP contribution in [0.1, 0.15) is 39.2 Å². The zero-order valence-electron chi connectivity index (χ0n) is 14.2. The fourth-order valence-electron chi connectivity index (χ4n) is 2.81. The number of carbonyl (C=O) groups excluding carboxylic acids is 1. The summed E-state index contributed by atoms with van der Waals surface area (Å²) in [5.41, 5.74) is 0.941. The predicted octanol–water partition coefficient (Wildman–Crippen LogP) is 3.74. The zero-order valence-corrected chi connectivity index (χ0v) is 16.5. The summed E-state index contributed by atoms with van der Waals surface area (Å²) in [6, 6.07) is 5.32. The molecule has 2 rings (SSSR count). The molecule has 1 aliphatic rings. The van der Waals surface area contributed by atoms with Crippen molar-refractivity contribution in [2.24, 2.45) is 0 Å². The van der Waals surface area contributed by atoms with Gasteiger partial charge in [0.25, 0.3) is 0 Å². The summed E-state index contributed by atoms with van der Waals surface area (Å²) in [5.74, 6) is -0.0207. The van der Waals surface area contributed by atoms with Crippen LogP contribution >= 0.6 is 23.2 Å². The minimum Gasteiger partial charge on any atom is -0.341 e. The van der Waals surface area contributed by atoms with Gasteiger partial charge in [0.1, 0.15) is 0 Å². The highest BCUT2D eigenvalue weighted by atomic mass is 35.5. The number of benzene rings is 1. The number of sulfone groups is 1. The van der Waals surface area contributed by atoms with Gasteiger partial charge in [-0.3, -0.25) is 4.79 Å². The molecule has 134 valence electrons. The lowest BCUT2D eigenvalue weighted by Gasteiger charge is -2.24. The third-order valence-electron chi connectivity index (χ3n) is 4.40. The van der Waals surface area contributed by atoms with E-state index in [2.05, 4.69) is 0 Å². The Morgan fingerprint density at radius 1 is 1.25 bits per heavy atom. The molecule has 1 atom stereocenters. The van der Waals surface area contributed by atoms with Gasteiger partial charge in [0.05, 0.1) is 20.0 Å². The number of rotatable bonds is 4. The Hall–Kier alpha value is -0.780. The van der Waals surface area contributed by atoms with Gasteiger partial charge in [-0.05, 0) is 51.3 Å². The van der Waals surface area contributed by atoms with Crippen LogP contribution in [-0.4, -0.2) is 42.3 Å². The number of carbonyl (C=O) groups is 1. The Bertz CT molecular complexity index is 726. The van der Waals surface area contributed by atoms with Gasteiger partial charge in [-0.25, -0.2) is 8.42 Å². The highest BCUT2D eigenvalue weighted by Crippen LogP contribution is 2.28. The van der Waals surface area contributed by atoms with Gasteiger partial charge < -0.3 is 4.90 Å². The molecule has 1 fully saturated rings. The van der Waals surface area contributed by atoms with E-state index in [-0.39, 0.29) is 5.91 Å². The lowest BCUT2D eigenvalue weighted by molar-refractivity contribution is -0.130. The molecule has 1 aromatic carbocycles. The topological polar surface area (TPSA) is 54.5 Å². The zero-order chi connectivity index (χ0) is 18.1. The fraction of sp³-hybridized carbons (Fsp3) is 0.588. The molecule has 4 nitrogen and oxygen atoms in total. The van der Waals surface area contributed by atoms with Crippen LogP contribution in [0.4, 0.5) is 0 Å². The molecule has 0 aromatic heterocycles. The second-order valence-corrected chi connectivity index (χ2v) is 11.0. The minimum absolute atomic E-state index is 0.0207. The molecular formula is C17H23Cl2NO3S. The van der Waals surface area contributed by atoms with Crippen LogP contribution < -0.4 is 0 Å². The molecular weight excluding hydrogens is 369 g/mol. The molecule has 0 spiro atoms. The van der Waals surface area contributed by atoms with Crippen molar-refractivity contribution in [3.63, 3.8) is 0 Å². The first-order valence-electron chi connectivity index (χ1n) is 7.97. The number of halogens is 2. The number of hydrogen-bond acceptors (Lipinski definition) is 3. The second kappa shape index (κ2) is 7.22. The maximum absolute atomic E-state index is 12.5. The molecule has 0 aliphatic carbocycles. The monoisotopic (exact) mass is 391 g/mol. The molecule has 24 heavy (non-hydrogen) atoms. The number of aryl methyl sites for hydroxylation is 1. The van der Waals surface area contributed by atoms with Gasteiger partial charge in [0.2, 0.25) is 5.91 Å². The maximum Gasteiger partial charge on any atom is 0.222 e. The van der Waals surface area contributed by atoms with Crippen molar-refractivity contribution < 1.29 is 13.2 Å². The first-order chi connectivity index (χ1) is 11.0. The Labute approximate surface area is 154 Å². The molecule has 0 radical (unpaired) electrons. The average molecular weight is 392 g/mol. The van der Waals surface area contributed by atoms with E-state index >= 15 is 0 Å². The Kier molecular flexibility index (Phi) is 5.88. The number of nitrogens with zero attached hydrogens (tertiary/aromatic N) is 1. The van der Waals surface area contributed by atoms with Crippen molar-refractivity contribution >= 4 is 38.9 Å². The van der Waals surface area contributed by atoms with Crippen molar-refractivity contribution in [1.82, 2.24) is 4.90 Å². The second-order valence-electron chi connectivity index (χ2n) is 7.16. The summed E-state index contributed by atoms with van der Waals surface area (Å²) in [7, 11) is -3.25. The van der Waals surface area contributed by atoms with Crippen LogP contribution in [0.25, 0.3) is 0 Å². The summed E-state index contributed by atoms with van der Waals surface area (Å²) >= 11 is 11.9. The van der Waals surface area contributed by atoms with Crippen LogP contribution in [0.5, 0.6) is 0 Å². The standard InChI is InChI=1S/C17H23Cl2NO3S/c1-17(2,3)24(22,23)13-8-9-20(11-13)16(21)7-5-12-4-6-14(18)15(19)10-12/h4,6,10,13H,5,7-9,11H2,1-3H3/t13-/m0/s1. The van der Waals surface area contributed by atoms with Crippen LogP contribution in [0.3, 0.4) is 0 Å². The smallest absolute Gasteiger partial charge is 0.222 e. The van der Waals surface area contributed by atoms with E-state index in [4.69, 9.17) is 23.2 Å². The minimum atomic E-state index is -3.25. The number of amides is 1. The van der Waals surface area contributed by atoms with Crippen molar-refractivity contribution in [2.45, 2.75) is 50.0 Å². The van der Waals surface area contributed by atoms with Gasteiger partial charge >= 0.3 is 0 Å². The predicted molar refractivity (Wildman–Crippen MR) is 98.4 cm³/mol. The molecule has 0 N–H and O–H groups in total. The van der Waals surface area contributed by atoms with Crippen LogP contribution in [0.2, 0.25) is 10.0 Å². The first-order valence-corrected chi connectivity index (χ1v) is 10.3. The molecule has 1 heterocycles. The van der Waals surface area contributed by atoms with Gasteiger partial charge in [0.15, 0.2) is 9.84 Å². The molecule has 0 unspecified atom stereocenters. The van der Waals surface area contributed by atoms with Crippen molar-refractivity contribution in [1.29, 1.82) is 0 Å². The van der Waals surface area contributed by atoms with Crippen molar-refractivity contribution in [3.8, 4) is 0 Å². The van der Waals surface area contributed by atoms with Crippen LogP contribution in [-0.2, 0) is 21.1 Å². The molecule has 1 saturated heterocycles. The fourth-order valence-corrected chi connectivity index (χ4v) is 4.93. The van der Waals surface area contributed by atoms with E-state index in [1.165, 1.54) is 0 Å². The van der Waals surface area contributed by atoms with E-state index in [1.807, 2.05) is 6.07 Å². The molecule has 1 amide bonds. The van der Waals surface area contributed by atoms with Gasteiger partial charge in [0, 0.05) is 19.5 Å². The summed E-state index contributed by atoms with van der Waals surface area (Å²) in [5, 5.41) is 0.493. The third kappa shape index (κ3) is 4.24. The highest BCUT2D eigenvalue weighted by molar-refractivity contribution is 7.93. The molecule has 7 heteroatoms. The van der Waals surface area contributed by atoms with Crippen LogP contribution in [0, 0.1) is 0 Å². The average Bonchev–Trinajstić information content (AvgIpc) is 2.97. The lowest BCUT2D eigenvalue weighted by atomic mass is 10.1. The SMILES string of the molecule is CC(C)(C)S(=O)(=O)[C@H]1CCN(C(=O)CCc2ccc(Cl)c(Cl)c2)C1. The number of hydrogen-bond donors (Lipinski definition) is 0. The lowest BCUT2D eigenvalue weighted by Crippen LogP contribution is -2.39. The summed E-state index contributed by atoms with van der Waals surface area (Å²) in [4.78, 5) is 14.0. The largest absolute Gasteiger partial charge is 0.341 e. The van der Waals surface area contributed by atoms with Crippen LogP contribution in [0.15, 0.2) is 18.2 Å².